The van der Waals surface area contributed by atoms with Gasteiger partial charge in [-0.1, -0.05) is 97.8 Å². The van der Waals surface area contributed by atoms with Gasteiger partial charge in [-0.15, -0.1) is 0 Å². The van der Waals surface area contributed by atoms with Gasteiger partial charge in [0.05, 0.1) is 19.8 Å². The lowest BCUT2D eigenvalue weighted by Gasteiger charge is -2.19. The van der Waals surface area contributed by atoms with Crippen molar-refractivity contribution in [1.82, 2.24) is 0 Å². The Bertz CT molecular complexity index is 518. The van der Waals surface area contributed by atoms with E-state index in [0.29, 0.717) is 6.61 Å². The van der Waals surface area contributed by atoms with Crippen molar-refractivity contribution in [2.45, 2.75) is 124 Å². The minimum Gasteiger partial charge on any atom is -0.490 e. The number of ether oxygens (including phenoxy) is 3. The van der Waals surface area contributed by atoms with Crippen molar-refractivity contribution in [1.29, 1.82) is 0 Å². The lowest BCUT2D eigenvalue weighted by molar-refractivity contribution is 0.234. The molecular weight excluding hydrogens is 396 g/mol. The van der Waals surface area contributed by atoms with E-state index in [2.05, 4.69) is 39.8 Å². The molecular formula is C29H51O3. The number of hydrogen-bond donors (Lipinski definition) is 0. The van der Waals surface area contributed by atoms with Crippen LogP contribution in [0.15, 0.2) is 12.1 Å². The van der Waals surface area contributed by atoms with Gasteiger partial charge in [0.2, 0.25) is 5.75 Å². The Morgan fingerprint density at radius 2 is 0.906 bits per heavy atom. The summed E-state index contributed by atoms with van der Waals surface area (Å²) in [6.45, 7) is 13.0. The molecule has 1 rings (SSSR count). The number of rotatable bonds is 22. The number of hydrogen-bond acceptors (Lipinski definition) is 3. The van der Waals surface area contributed by atoms with E-state index in [1.54, 1.807) is 0 Å². The normalized spacial score (nSPS) is 11.0. The van der Waals surface area contributed by atoms with Gasteiger partial charge in [-0.05, 0) is 50.3 Å². The summed E-state index contributed by atoms with van der Waals surface area (Å²) in [6, 6.07) is 4.19. The van der Waals surface area contributed by atoms with Crippen LogP contribution < -0.4 is 14.2 Å². The van der Waals surface area contributed by atoms with Crippen molar-refractivity contribution < 1.29 is 14.2 Å². The fraction of sp³-hybridized carbons (Fsp3) is 0.759. The Kier molecular flexibility index (Phi) is 18.1. The van der Waals surface area contributed by atoms with Gasteiger partial charge >= 0.3 is 0 Å². The first kappa shape index (κ1) is 28.7. The van der Waals surface area contributed by atoms with Crippen molar-refractivity contribution in [2.75, 3.05) is 19.8 Å². The first-order valence-corrected chi connectivity index (χ1v) is 13.6. The molecule has 0 aliphatic carbocycles. The number of unbranched alkanes of at least 4 members (excludes halogenated alkanes) is 12. The maximum Gasteiger partial charge on any atom is 0.203 e. The fourth-order valence-corrected chi connectivity index (χ4v) is 3.79. The highest BCUT2D eigenvalue weighted by Crippen LogP contribution is 2.39. The van der Waals surface area contributed by atoms with Gasteiger partial charge in [-0.3, -0.25) is 0 Å². The maximum absolute atomic E-state index is 6.27. The molecule has 0 aliphatic rings. The molecule has 0 saturated carbocycles. The molecule has 1 aromatic rings. The van der Waals surface area contributed by atoms with E-state index in [4.69, 9.17) is 14.2 Å². The summed E-state index contributed by atoms with van der Waals surface area (Å²) in [7, 11) is 0. The van der Waals surface area contributed by atoms with Crippen molar-refractivity contribution in [3.8, 4) is 17.2 Å². The molecule has 185 valence electrons. The van der Waals surface area contributed by atoms with E-state index in [1.807, 2.05) is 0 Å². The predicted molar refractivity (Wildman–Crippen MR) is 138 cm³/mol. The van der Waals surface area contributed by atoms with Crippen LogP contribution in [0, 0.1) is 6.92 Å². The SMILES string of the molecule is [CH2]Cc1cc(OCCCCCCC)c(OCCCCCCC)c(OCCCCCCC)c1. The summed E-state index contributed by atoms with van der Waals surface area (Å²) in [4.78, 5) is 0. The Hall–Kier alpha value is -1.38. The summed E-state index contributed by atoms with van der Waals surface area (Å²) in [6.07, 6.45) is 19.2. The molecule has 0 heterocycles. The first-order chi connectivity index (χ1) is 15.8. The number of benzene rings is 1. The van der Waals surface area contributed by atoms with E-state index < -0.39 is 0 Å². The Morgan fingerprint density at radius 3 is 1.28 bits per heavy atom. The van der Waals surface area contributed by atoms with Gasteiger partial charge in [0.25, 0.3) is 0 Å². The summed E-state index contributed by atoms with van der Waals surface area (Å²) < 4.78 is 18.7. The first-order valence-electron chi connectivity index (χ1n) is 13.6. The molecule has 1 aromatic carbocycles. The smallest absolute Gasteiger partial charge is 0.203 e. The zero-order chi connectivity index (χ0) is 23.3. The van der Waals surface area contributed by atoms with Crippen LogP contribution in [-0.2, 0) is 6.42 Å². The summed E-state index contributed by atoms with van der Waals surface area (Å²) >= 11 is 0. The third-order valence-electron chi connectivity index (χ3n) is 5.87. The van der Waals surface area contributed by atoms with Crippen molar-refractivity contribution in [3.63, 3.8) is 0 Å². The quantitative estimate of drug-likeness (QED) is 0.166. The summed E-state index contributed by atoms with van der Waals surface area (Å²) in [5, 5.41) is 0. The standard InChI is InChI=1S/C29H51O3/c1-5-9-12-15-18-21-30-27-24-26(8-4)25-28(31-22-19-16-13-10-6-2)29(27)32-23-20-17-14-11-7-3/h24-25H,4-23H2,1-3H3. The zero-order valence-corrected chi connectivity index (χ0v) is 21.5. The van der Waals surface area contributed by atoms with Crippen LogP contribution >= 0.6 is 0 Å². The Balaban J connectivity index is 2.74. The molecule has 0 N–H and O–H groups in total. The third-order valence-corrected chi connectivity index (χ3v) is 5.87. The van der Waals surface area contributed by atoms with Crippen LogP contribution in [-0.4, -0.2) is 19.8 Å². The van der Waals surface area contributed by atoms with Gasteiger partial charge in [0.15, 0.2) is 11.5 Å². The van der Waals surface area contributed by atoms with Crippen LogP contribution in [0.1, 0.15) is 123 Å². The zero-order valence-electron chi connectivity index (χ0n) is 21.5. The van der Waals surface area contributed by atoms with E-state index in [-0.39, 0.29) is 0 Å². The molecule has 0 aliphatic heterocycles. The largest absolute Gasteiger partial charge is 0.490 e. The average Bonchev–Trinajstić information content (AvgIpc) is 2.81. The molecule has 0 amide bonds. The van der Waals surface area contributed by atoms with Crippen LogP contribution in [0.4, 0.5) is 0 Å². The van der Waals surface area contributed by atoms with Gasteiger partial charge in [-0.25, -0.2) is 0 Å². The Morgan fingerprint density at radius 1 is 0.531 bits per heavy atom. The minimum absolute atomic E-state index is 0.715. The molecule has 0 aromatic heterocycles. The summed E-state index contributed by atoms with van der Waals surface area (Å²) in [5.41, 5.74) is 1.14. The second-order valence-corrected chi connectivity index (χ2v) is 8.96. The van der Waals surface area contributed by atoms with E-state index in [9.17, 15) is 0 Å². The fourth-order valence-electron chi connectivity index (χ4n) is 3.79. The van der Waals surface area contributed by atoms with E-state index >= 15 is 0 Å². The highest BCUT2D eigenvalue weighted by Gasteiger charge is 2.15. The van der Waals surface area contributed by atoms with Crippen LogP contribution in [0.25, 0.3) is 0 Å². The van der Waals surface area contributed by atoms with Gasteiger partial charge in [0, 0.05) is 0 Å². The highest BCUT2D eigenvalue weighted by atomic mass is 16.5. The average molecular weight is 448 g/mol. The topological polar surface area (TPSA) is 27.7 Å². The van der Waals surface area contributed by atoms with Crippen LogP contribution in [0.5, 0.6) is 17.2 Å². The molecule has 0 atom stereocenters. The minimum atomic E-state index is 0.715. The monoisotopic (exact) mass is 447 g/mol. The molecule has 0 bridgehead atoms. The van der Waals surface area contributed by atoms with Crippen molar-refractivity contribution in [3.05, 3.63) is 24.6 Å². The second kappa shape index (κ2) is 20.2. The van der Waals surface area contributed by atoms with Gasteiger partial charge in [-0.2, -0.15) is 0 Å². The molecule has 0 spiro atoms. The lowest BCUT2D eigenvalue weighted by Crippen LogP contribution is -2.07. The van der Waals surface area contributed by atoms with Crippen LogP contribution in [0.3, 0.4) is 0 Å². The van der Waals surface area contributed by atoms with E-state index in [0.717, 1.165) is 61.7 Å². The maximum atomic E-state index is 6.27. The summed E-state index contributed by atoms with van der Waals surface area (Å²) in [5.74, 6) is 2.45. The highest BCUT2D eigenvalue weighted by molar-refractivity contribution is 5.54. The second-order valence-electron chi connectivity index (χ2n) is 8.96. The Labute approximate surface area is 199 Å². The molecule has 32 heavy (non-hydrogen) atoms. The molecule has 0 unspecified atom stereocenters. The molecule has 0 fully saturated rings. The molecule has 0 saturated heterocycles. The third kappa shape index (κ3) is 13.2. The van der Waals surface area contributed by atoms with Crippen LogP contribution in [0.2, 0.25) is 0 Å². The van der Waals surface area contributed by atoms with Crippen molar-refractivity contribution >= 4 is 0 Å². The molecule has 1 radical (unpaired) electrons. The van der Waals surface area contributed by atoms with Gasteiger partial charge in [0.1, 0.15) is 0 Å². The van der Waals surface area contributed by atoms with E-state index in [1.165, 1.54) is 77.0 Å². The predicted octanol–water partition coefficient (Wildman–Crippen LogP) is 9.11. The molecule has 3 heteroatoms. The van der Waals surface area contributed by atoms with Gasteiger partial charge < -0.3 is 14.2 Å². The van der Waals surface area contributed by atoms with Crippen molar-refractivity contribution in [2.24, 2.45) is 0 Å². The lowest BCUT2D eigenvalue weighted by atomic mass is 10.1. The molecule has 3 nitrogen and oxygen atoms in total.